The smallest absolute Gasteiger partial charge is 0.253 e. The molecule has 0 aliphatic heterocycles. The van der Waals surface area contributed by atoms with Crippen LogP contribution in [-0.4, -0.2) is 28.6 Å². The number of H-pyrrole nitrogens is 1. The van der Waals surface area contributed by atoms with Crippen molar-refractivity contribution in [1.29, 1.82) is 0 Å². The molecule has 0 aliphatic rings. The van der Waals surface area contributed by atoms with Gasteiger partial charge in [-0.25, -0.2) is 0 Å². The molecular weight excluding hydrogens is 390 g/mol. The molecule has 0 spiro atoms. The zero-order chi connectivity index (χ0) is 21.6. The van der Waals surface area contributed by atoms with E-state index >= 15 is 0 Å². The van der Waals surface area contributed by atoms with Crippen LogP contribution in [0.2, 0.25) is 0 Å². The molecule has 0 bridgehead atoms. The quantitative estimate of drug-likeness (QED) is 0.370. The van der Waals surface area contributed by atoms with Crippen LogP contribution in [0.1, 0.15) is 21.5 Å². The number of hydrogen-bond donors (Lipinski definition) is 4. The van der Waals surface area contributed by atoms with Crippen LogP contribution in [0.3, 0.4) is 0 Å². The molecule has 1 heterocycles. The Kier molecular flexibility index (Phi) is 5.93. The molecule has 2 amide bonds. The first kappa shape index (κ1) is 20.2. The van der Waals surface area contributed by atoms with Crippen LogP contribution in [0.25, 0.3) is 10.9 Å². The summed E-state index contributed by atoms with van der Waals surface area (Å²) in [5, 5.41) is 16.8. The summed E-state index contributed by atoms with van der Waals surface area (Å²) in [6, 6.07) is 20.6. The van der Waals surface area contributed by atoms with Gasteiger partial charge in [-0.3, -0.25) is 14.7 Å². The molecule has 7 nitrogen and oxygen atoms in total. The zero-order valence-electron chi connectivity index (χ0n) is 17.1. The Morgan fingerprint density at radius 3 is 2.71 bits per heavy atom. The summed E-state index contributed by atoms with van der Waals surface area (Å²) >= 11 is 0. The Hall–Kier alpha value is -4.13. The maximum Gasteiger partial charge on any atom is 0.253 e. The van der Waals surface area contributed by atoms with Gasteiger partial charge >= 0.3 is 0 Å². The lowest BCUT2D eigenvalue weighted by Crippen LogP contribution is -2.26. The molecule has 31 heavy (non-hydrogen) atoms. The minimum Gasteiger partial charge on any atom is -0.376 e. The number of nitrogens with one attached hydrogen (secondary N) is 4. The highest BCUT2D eigenvalue weighted by Crippen LogP contribution is 2.18. The van der Waals surface area contributed by atoms with Crippen molar-refractivity contribution in [2.24, 2.45) is 0 Å². The molecule has 0 atom stereocenters. The molecule has 156 valence electrons. The molecule has 1 aromatic heterocycles. The van der Waals surface area contributed by atoms with E-state index in [4.69, 9.17) is 0 Å². The van der Waals surface area contributed by atoms with Crippen molar-refractivity contribution in [1.82, 2.24) is 15.5 Å². The Morgan fingerprint density at radius 2 is 1.84 bits per heavy atom. The average molecular weight is 413 g/mol. The van der Waals surface area contributed by atoms with Crippen molar-refractivity contribution in [2.75, 3.05) is 17.2 Å². The van der Waals surface area contributed by atoms with Crippen molar-refractivity contribution >= 4 is 34.1 Å². The second-order valence-electron chi connectivity index (χ2n) is 7.25. The van der Waals surface area contributed by atoms with Crippen molar-refractivity contribution in [2.45, 2.75) is 13.5 Å². The first-order valence-electron chi connectivity index (χ1n) is 9.99. The van der Waals surface area contributed by atoms with E-state index in [0.717, 1.165) is 27.7 Å². The van der Waals surface area contributed by atoms with Crippen LogP contribution in [-0.2, 0) is 11.3 Å². The zero-order valence-corrected chi connectivity index (χ0v) is 17.1. The van der Waals surface area contributed by atoms with Crippen molar-refractivity contribution < 1.29 is 9.59 Å². The monoisotopic (exact) mass is 413 g/mol. The Morgan fingerprint density at radius 1 is 1.00 bits per heavy atom. The van der Waals surface area contributed by atoms with Gasteiger partial charge in [-0.05, 0) is 42.3 Å². The largest absolute Gasteiger partial charge is 0.376 e. The van der Waals surface area contributed by atoms with Gasteiger partial charge in [0.1, 0.15) is 0 Å². The number of fused-ring (bicyclic) bond motifs is 1. The van der Waals surface area contributed by atoms with Gasteiger partial charge in [-0.2, -0.15) is 5.10 Å². The Labute approximate surface area is 179 Å². The van der Waals surface area contributed by atoms with Crippen molar-refractivity contribution in [3.63, 3.8) is 0 Å². The van der Waals surface area contributed by atoms with E-state index in [0.29, 0.717) is 17.8 Å². The van der Waals surface area contributed by atoms with E-state index < -0.39 is 0 Å². The molecule has 0 unspecified atom stereocenters. The van der Waals surface area contributed by atoms with Crippen LogP contribution in [0.15, 0.2) is 72.9 Å². The maximum absolute atomic E-state index is 12.8. The molecular formula is C24H23N5O2. The van der Waals surface area contributed by atoms with Gasteiger partial charge in [0, 0.05) is 17.6 Å². The van der Waals surface area contributed by atoms with E-state index in [1.165, 1.54) is 0 Å². The van der Waals surface area contributed by atoms with Gasteiger partial charge in [0.15, 0.2) is 0 Å². The highest BCUT2D eigenvalue weighted by Gasteiger charge is 2.13. The van der Waals surface area contributed by atoms with E-state index in [-0.39, 0.29) is 18.4 Å². The number of aryl methyl sites for hydroxylation is 1. The minimum absolute atomic E-state index is 0.0984. The molecule has 7 heteroatoms. The summed E-state index contributed by atoms with van der Waals surface area (Å²) in [6.45, 7) is 2.43. The van der Waals surface area contributed by atoms with Crippen LogP contribution in [0, 0.1) is 6.92 Å². The number of rotatable bonds is 7. The predicted molar refractivity (Wildman–Crippen MR) is 122 cm³/mol. The van der Waals surface area contributed by atoms with Crippen LogP contribution < -0.4 is 16.0 Å². The molecule has 0 saturated heterocycles. The van der Waals surface area contributed by atoms with Gasteiger partial charge in [-0.1, -0.05) is 42.5 Å². The highest BCUT2D eigenvalue weighted by molar-refractivity contribution is 6.04. The fourth-order valence-electron chi connectivity index (χ4n) is 3.37. The third kappa shape index (κ3) is 4.90. The summed E-state index contributed by atoms with van der Waals surface area (Å²) in [7, 11) is 0. The normalized spacial score (nSPS) is 10.6. The number of aromatic amines is 1. The molecule has 0 fully saturated rings. The molecule has 0 saturated carbocycles. The first-order chi connectivity index (χ1) is 15.1. The predicted octanol–water partition coefficient (Wildman–Crippen LogP) is 3.85. The summed E-state index contributed by atoms with van der Waals surface area (Å²) in [5.41, 5.74) is 4.69. The lowest BCUT2D eigenvalue weighted by atomic mass is 10.1. The third-order valence-electron chi connectivity index (χ3n) is 4.92. The fourth-order valence-corrected chi connectivity index (χ4v) is 3.37. The van der Waals surface area contributed by atoms with Crippen LogP contribution in [0.4, 0.5) is 11.4 Å². The fraction of sp³-hybridized carbons (Fsp3) is 0.125. The first-order valence-corrected chi connectivity index (χ1v) is 9.99. The SMILES string of the molecule is Cc1cccc(NCC(=O)Nc2ccccc2C(=O)NCc2cccc3cn[nH]c23)c1. The van der Waals surface area contributed by atoms with Crippen molar-refractivity contribution in [3.8, 4) is 0 Å². The lowest BCUT2D eigenvalue weighted by molar-refractivity contribution is -0.114. The van der Waals surface area contributed by atoms with Gasteiger partial charge in [0.2, 0.25) is 5.91 Å². The summed E-state index contributed by atoms with van der Waals surface area (Å²) in [6.07, 6.45) is 1.75. The van der Waals surface area contributed by atoms with Gasteiger partial charge in [0.25, 0.3) is 5.91 Å². The second kappa shape index (κ2) is 9.13. The number of benzene rings is 3. The number of hydrogen-bond acceptors (Lipinski definition) is 4. The molecule has 4 rings (SSSR count). The van der Waals surface area contributed by atoms with E-state index in [2.05, 4.69) is 26.1 Å². The number of aromatic nitrogens is 2. The average Bonchev–Trinajstić information content (AvgIpc) is 3.26. The molecule has 4 N–H and O–H groups in total. The molecule has 3 aromatic carbocycles. The van der Waals surface area contributed by atoms with E-state index in [1.54, 1.807) is 30.5 Å². The highest BCUT2D eigenvalue weighted by atomic mass is 16.2. The topological polar surface area (TPSA) is 98.9 Å². The minimum atomic E-state index is -0.265. The second-order valence-corrected chi connectivity index (χ2v) is 7.25. The Bertz CT molecular complexity index is 1230. The maximum atomic E-state index is 12.8. The number of carbonyl (C=O) groups excluding carboxylic acids is 2. The summed E-state index contributed by atoms with van der Waals surface area (Å²) in [5.74, 6) is -0.497. The molecule has 0 radical (unpaired) electrons. The number of nitrogens with zero attached hydrogens (tertiary/aromatic N) is 1. The number of para-hydroxylation sites is 2. The number of anilines is 2. The molecule has 0 aliphatic carbocycles. The number of carbonyl (C=O) groups is 2. The lowest BCUT2D eigenvalue weighted by Gasteiger charge is -2.13. The van der Waals surface area contributed by atoms with Crippen LogP contribution in [0.5, 0.6) is 0 Å². The number of amides is 2. The van der Waals surface area contributed by atoms with Gasteiger partial charge < -0.3 is 16.0 Å². The van der Waals surface area contributed by atoms with Gasteiger partial charge in [0.05, 0.1) is 29.5 Å². The summed E-state index contributed by atoms with van der Waals surface area (Å²) in [4.78, 5) is 25.2. The van der Waals surface area contributed by atoms with E-state index in [1.807, 2.05) is 49.4 Å². The van der Waals surface area contributed by atoms with Crippen molar-refractivity contribution in [3.05, 3.63) is 89.6 Å². The Balaban J connectivity index is 1.39. The third-order valence-corrected chi connectivity index (χ3v) is 4.92. The standard InChI is InChI=1S/C24H23N5O2/c1-16-6-4-9-19(12-16)25-15-22(30)28-21-11-3-2-10-20(21)24(31)26-13-17-7-5-8-18-14-27-29-23(17)18/h2-12,14,25H,13,15H2,1H3,(H,26,31)(H,27,29)(H,28,30). The molecule has 4 aromatic rings. The van der Waals surface area contributed by atoms with E-state index in [9.17, 15) is 9.59 Å². The van der Waals surface area contributed by atoms with Gasteiger partial charge in [-0.15, -0.1) is 0 Å². The van der Waals surface area contributed by atoms with Crippen LogP contribution >= 0.6 is 0 Å². The summed E-state index contributed by atoms with van der Waals surface area (Å²) < 4.78 is 0.